The van der Waals surface area contributed by atoms with Gasteiger partial charge in [0.1, 0.15) is 17.1 Å². The number of carbonyl (C=O) groups excluding carboxylic acids is 1. The maximum atomic E-state index is 12.4. The lowest BCUT2D eigenvalue weighted by Gasteiger charge is -2.38. The SMILES string of the molecule is Cc1ccc2c(c1)OC(C)(C)CC2NC(=O)CCCOc1ccc(Cl)cc1. The zero-order chi connectivity index (χ0) is 19.4. The summed E-state index contributed by atoms with van der Waals surface area (Å²) < 4.78 is 11.7. The Labute approximate surface area is 165 Å². The lowest BCUT2D eigenvalue weighted by atomic mass is 9.89. The molecule has 1 heterocycles. The average Bonchev–Trinajstić information content (AvgIpc) is 2.59. The molecule has 1 aliphatic heterocycles. The molecule has 0 saturated heterocycles. The molecule has 0 aliphatic carbocycles. The minimum Gasteiger partial charge on any atom is -0.494 e. The Kier molecular flexibility index (Phi) is 5.95. The van der Waals surface area contributed by atoms with Crippen molar-refractivity contribution in [2.45, 2.75) is 51.7 Å². The van der Waals surface area contributed by atoms with Gasteiger partial charge >= 0.3 is 0 Å². The molecule has 5 heteroatoms. The van der Waals surface area contributed by atoms with Gasteiger partial charge in [0.2, 0.25) is 5.91 Å². The van der Waals surface area contributed by atoms with Gasteiger partial charge in [-0.05, 0) is 63.1 Å². The van der Waals surface area contributed by atoms with Gasteiger partial charge in [-0.2, -0.15) is 0 Å². The maximum absolute atomic E-state index is 12.4. The normalized spacial score (nSPS) is 17.6. The minimum atomic E-state index is -0.309. The lowest BCUT2D eigenvalue weighted by molar-refractivity contribution is -0.122. The van der Waals surface area contributed by atoms with Crippen molar-refractivity contribution < 1.29 is 14.3 Å². The Morgan fingerprint density at radius 1 is 1.26 bits per heavy atom. The molecule has 2 aromatic rings. The number of hydrogen-bond acceptors (Lipinski definition) is 3. The third kappa shape index (κ3) is 5.39. The second-order valence-electron chi connectivity index (χ2n) is 7.63. The van der Waals surface area contributed by atoms with Crippen LogP contribution in [0.3, 0.4) is 0 Å². The molecule has 2 aromatic carbocycles. The number of halogens is 1. The van der Waals surface area contributed by atoms with Gasteiger partial charge in [-0.3, -0.25) is 4.79 Å². The molecule has 4 nitrogen and oxygen atoms in total. The van der Waals surface area contributed by atoms with Crippen molar-refractivity contribution in [3.8, 4) is 11.5 Å². The summed E-state index contributed by atoms with van der Waals surface area (Å²) in [5.74, 6) is 1.65. The number of rotatable bonds is 6. The summed E-state index contributed by atoms with van der Waals surface area (Å²) >= 11 is 5.85. The summed E-state index contributed by atoms with van der Waals surface area (Å²) in [5, 5.41) is 3.84. The van der Waals surface area contributed by atoms with Crippen LogP contribution in [0.4, 0.5) is 0 Å². The van der Waals surface area contributed by atoms with Crippen LogP contribution in [0.15, 0.2) is 42.5 Å². The Balaban J connectivity index is 1.52. The van der Waals surface area contributed by atoms with Crippen LogP contribution >= 0.6 is 11.6 Å². The smallest absolute Gasteiger partial charge is 0.220 e. The van der Waals surface area contributed by atoms with E-state index in [0.29, 0.717) is 24.5 Å². The molecule has 0 radical (unpaired) electrons. The topological polar surface area (TPSA) is 47.6 Å². The average molecular weight is 388 g/mol. The van der Waals surface area contributed by atoms with E-state index in [4.69, 9.17) is 21.1 Å². The van der Waals surface area contributed by atoms with Crippen molar-refractivity contribution in [2.24, 2.45) is 0 Å². The highest BCUT2D eigenvalue weighted by Crippen LogP contribution is 2.39. The summed E-state index contributed by atoms with van der Waals surface area (Å²) in [4.78, 5) is 12.4. The third-order valence-corrected chi connectivity index (χ3v) is 4.84. The van der Waals surface area contributed by atoms with Gasteiger partial charge in [0.15, 0.2) is 0 Å². The minimum absolute atomic E-state index is 0.0314. The second-order valence-corrected chi connectivity index (χ2v) is 8.07. The molecule has 3 rings (SSSR count). The van der Waals surface area contributed by atoms with Gasteiger partial charge < -0.3 is 14.8 Å². The lowest BCUT2D eigenvalue weighted by Crippen LogP contribution is -2.41. The monoisotopic (exact) mass is 387 g/mol. The Morgan fingerprint density at radius 3 is 2.74 bits per heavy atom. The first-order chi connectivity index (χ1) is 12.8. The van der Waals surface area contributed by atoms with E-state index < -0.39 is 0 Å². The first kappa shape index (κ1) is 19.6. The highest BCUT2D eigenvalue weighted by atomic mass is 35.5. The zero-order valence-electron chi connectivity index (χ0n) is 16.0. The van der Waals surface area contributed by atoms with E-state index in [9.17, 15) is 4.79 Å². The quantitative estimate of drug-likeness (QED) is 0.690. The van der Waals surface area contributed by atoms with E-state index in [1.807, 2.05) is 25.1 Å². The van der Waals surface area contributed by atoms with Crippen LogP contribution < -0.4 is 14.8 Å². The Hall–Kier alpha value is -2.20. The molecule has 0 spiro atoms. The van der Waals surface area contributed by atoms with E-state index in [2.05, 4.69) is 31.3 Å². The summed E-state index contributed by atoms with van der Waals surface area (Å²) in [6.07, 6.45) is 1.82. The summed E-state index contributed by atoms with van der Waals surface area (Å²) in [6.45, 7) is 6.64. The largest absolute Gasteiger partial charge is 0.494 e. The summed E-state index contributed by atoms with van der Waals surface area (Å²) in [5.41, 5.74) is 1.89. The van der Waals surface area contributed by atoms with E-state index >= 15 is 0 Å². The molecular formula is C22H26ClNO3. The maximum Gasteiger partial charge on any atom is 0.220 e. The highest BCUT2D eigenvalue weighted by Gasteiger charge is 2.34. The van der Waals surface area contributed by atoms with Crippen molar-refractivity contribution in [3.63, 3.8) is 0 Å². The van der Waals surface area contributed by atoms with Crippen molar-refractivity contribution in [3.05, 3.63) is 58.6 Å². The van der Waals surface area contributed by atoms with Crippen molar-refractivity contribution in [2.75, 3.05) is 6.61 Å². The number of aryl methyl sites for hydroxylation is 1. The first-order valence-electron chi connectivity index (χ1n) is 9.30. The van der Waals surface area contributed by atoms with E-state index in [-0.39, 0.29) is 17.6 Å². The number of nitrogens with one attached hydrogen (secondary N) is 1. The number of fused-ring (bicyclic) bond motifs is 1. The fourth-order valence-electron chi connectivity index (χ4n) is 3.31. The molecule has 1 unspecified atom stereocenters. The van der Waals surface area contributed by atoms with Gasteiger partial charge in [0.05, 0.1) is 12.6 Å². The summed E-state index contributed by atoms with van der Waals surface area (Å²) in [7, 11) is 0. The number of carbonyl (C=O) groups is 1. The summed E-state index contributed by atoms with van der Waals surface area (Å²) in [6, 6.07) is 13.3. The first-order valence-corrected chi connectivity index (χ1v) is 9.67. The van der Waals surface area contributed by atoms with E-state index in [0.717, 1.165) is 29.0 Å². The van der Waals surface area contributed by atoms with Crippen LogP contribution in [-0.2, 0) is 4.79 Å². The van der Waals surface area contributed by atoms with Gasteiger partial charge in [0.25, 0.3) is 0 Å². The van der Waals surface area contributed by atoms with E-state index in [1.165, 1.54) is 0 Å². The highest BCUT2D eigenvalue weighted by molar-refractivity contribution is 6.30. The fraction of sp³-hybridized carbons (Fsp3) is 0.409. The molecule has 1 atom stereocenters. The Morgan fingerprint density at radius 2 is 2.00 bits per heavy atom. The van der Waals surface area contributed by atoms with Crippen molar-refractivity contribution in [1.82, 2.24) is 5.32 Å². The third-order valence-electron chi connectivity index (χ3n) is 4.59. The molecule has 0 fully saturated rings. The molecule has 1 aliphatic rings. The van der Waals surface area contributed by atoms with Crippen LogP contribution in [0.5, 0.6) is 11.5 Å². The molecular weight excluding hydrogens is 362 g/mol. The molecule has 144 valence electrons. The van der Waals surface area contributed by atoms with Crippen LogP contribution in [0.25, 0.3) is 0 Å². The number of hydrogen-bond donors (Lipinski definition) is 1. The van der Waals surface area contributed by atoms with Gasteiger partial charge in [0, 0.05) is 23.4 Å². The molecule has 1 N–H and O–H groups in total. The van der Waals surface area contributed by atoms with Crippen molar-refractivity contribution >= 4 is 17.5 Å². The number of ether oxygens (including phenoxy) is 2. The fourth-order valence-corrected chi connectivity index (χ4v) is 3.43. The van der Waals surface area contributed by atoms with Gasteiger partial charge in [-0.15, -0.1) is 0 Å². The van der Waals surface area contributed by atoms with Gasteiger partial charge in [-0.25, -0.2) is 0 Å². The van der Waals surface area contributed by atoms with Crippen molar-refractivity contribution in [1.29, 1.82) is 0 Å². The predicted molar refractivity (Wildman–Crippen MR) is 108 cm³/mol. The van der Waals surface area contributed by atoms with Gasteiger partial charge in [-0.1, -0.05) is 23.7 Å². The van der Waals surface area contributed by atoms with Crippen LogP contribution in [0, 0.1) is 6.92 Å². The Bertz CT molecular complexity index is 802. The zero-order valence-corrected chi connectivity index (χ0v) is 16.8. The van der Waals surface area contributed by atoms with Crippen LogP contribution in [0.2, 0.25) is 5.02 Å². The standard InChI is InChI=1S/C22H26ClNO3/c1-15-6-11-18-19(14-22(2,3)27-20(18)13-15)24-21(25)5-4-12-26-17-9-7-16(23)8-10-17/h6-11,13,19H,4-5,12,14H2,1-3H3,(H,24,25). The molecule has 1 amide bonds. The van der Waals surface area contributed by atoms with E-state index in [1.54, 1.807) is 12.1 Å². The molecule has 0 saturated carbocycles. The second kappa shape index (κ2) is 8.22. The molecule has 0 bridgehead atoms. The van der Waals surface area contributed by atoms with Crippen LogP contribution in [-0.4, -0.2) is 18.1 Å². The number of benzene rings is 2. The molecule has 0 aromatic heterocycles. The number of amides is 1. The van der Waals surface area contributed by atoms with Crippen LogP contribution in [0.1, 0.15) is 50.3 Å². The predicted octanol–water partition coefficient (Wildman–Crippen LogP) is 5.23. The molecule has 27 heavy (non-hydrogen) atoms.